The molecule has 0 N–H and O–H groups in total. The predicted molar refractivity (Wildman–Crippen MR) is 74.1 cm³/mol. The van der Waals surface area contributed by atoms with E-state index in [-0.39, 0.29) is 18.6 Å². The second-order valence-electron chi connectivity index (χ2n) is 5.39. The van der Waals surface area contributed by atoms with E-state index in [4.69, 9.17) is 9.05 Å². The average Bonchev–Trinajstić information content (AvgIpc) is 2.25. The van der Waals surface area contributed by atoms with Crippen molar-refractivity contribution >= 4 is 13.4 Å². The van der Waals surface area contributed by atoms with Crippen LogP contribution in [-0.2, 0) is 18.4 Å². The molecular weight excluding hydrogens is 289 g/mol. The van der Waals surface area contributed by atoms with Gasteiger partial charge in [0.1, 0.15) is 5.78 Å². The van der Waals surface area contributed by atoms with Crippen LogP contribution in [0.4, 0.5) is 8.78 Å². The van der Waals surface area contributed by atoms with Gasteiger partial charge in [0.2, 0.25) is 0 Å². The first-order chi connectivity index (χ1) is 8.96. The Morgan fingerprint density at radius 1 is 1.10 bits per heavy atom. The number of rotatable bonds is 9. The summed E-state index contributed by atoms with van der Waals surface area (Å²) in [7, 11) is -4.64. The summed E-state index contributed by atoms with van der Waals surface area (Å²) in [5.41, 5.74) is -3.70. The maximum Gasteiger partial charge on any atom is 0.400 e. The zero-order chi connectivity index (χ0) is 16.1. The van der Waals surface area contributed by atoms with Crippen LogP contribution in [0.1, 0.15) is 54.4 Å². The van der Waals surface area contributed by atoms with E-state index < -0.39 is 31.4 Å². The number of ketones is 1. The zero-order valence-electron chi connectivity index (χ0n) is 13.0. The van der Waals surface area contributed by atoms with Crippen molar-refractivity contribution < 1.29 is 27.2 Å². The summed E-state index contributed by atoms with van der Waals surface area (Å²) in [6.07, 6.45) is -1.52. The summed E-state index contributed by atoms with van der Waals surface area (Å²) < 4.78 is 51.1. The van der Waals surface area contributed by atoms with Crippen LogP contribution in [0, 0.1) is 5.92 Å². The Morgan fingerprint density at radius 3 is 1.80 bits per heavy atom. The highest BCUT2D eigenvalue weighted by Crippen LogP contribution is 2.66. The van der Waals surface area contributed by atoms with Gasteiger partial charge in [0.15, 0.2) is 0 Å². The van der Waals surface area contributed by atoms with Gasteiger partial charge in [0.05, 0.1) is 12.2 Å². The van der Waals surface area contributed by atoms with Crippen molar-refractivity contribution in [1.29, 1.82) is 0 Å². The molecule has 0 aliphatic carbocycles. The Hall–Kier alpha value is -0.320. The van der Waals surface area contributed by atoms with Crippen LogP contribution >= 0.6 is 7.60 Å². The molecule has 0 aliphatic rings. The third-order valence-electron chi connectivity index (χ3n) is 2.59. The lowest BCUT2D eigenvalue weighted by atomic mass is 10.0. The van der Waals surface area contributed by atoms with E-state index in [0.29, 0.717) is 0 Å². The van der Waals surface area contributed by atoms with Gasteiger partial charge >= 0.3 is 13.3 Å². The van der Waals surface area contributed by atoms with Crippen molar-refractivity contribution in [3.05, 3.63) is 0 Å². The monoisotopic (exact) mass is 314 g/mol. The number of alkyl halides is 2. The van der Waals surface area contributed by atoms with Gasteiger partial charge in [-0.3, -0.25) is 9.36 Å². The van der Waals surface area contributed by atoms with Crippen LogP contribution < -0.4 is 0 Å². The second kappa shape index (κ2) is 7.62. The molecular formula is C13H25F2O4P. The van der Waals surface area contributed by atoms with Gasteiger partial charge in [0.25, 0.3) is 0 Å². The van der Waals surface area contributed by atoms with Crippen LogP contribution in [0.25, 0.3) is 0 Å². The normalized spacial score (nSPS) is 14.9. The van der Waals surface area contributed by atoms with Crippen LogP contribution in [0.5, 0.6) is 0 Å². The maximum atomic E-state index is 14.4. The summed E-state index contributed by atoms with van der Waals surface area (Å²) in [5, 5.41) is 0. The number of carbonyl (C=O) groups excluding carboxylic acids is 1. The van der Waals surface area contributed by atoms with E-state index >= 15 is 0 Å². The number of Topliss-reactive ketones (excluding diaryl/α,β-unsaturated/α-hetero) is 1. The fourth-order valence-corrected chi connectivity index (χ4v) is 3.67. The highest BCUT2D eigenvalue weighted by atomic mass is 31.2. The van der Waals surface area contributed by atoms with Gasteiger partial charge in [-0.25, -0.2) is 0 Å². The van der Waals surface area contributed by atoms with E-state index in [0.717, 1.165) is 0 Å². The number of carbonyl (C=O) groups is 1. The minimum Gasteiger partial charge on any atom is -0.302 e. The standard InChI is InChI=1S/C13H25F2O4P/c1-7-12(16)8-11(6)13(14,15)20(17,18-9(2)3)19-10(4)5/h9-11H,7-8H2,1-6H3. The molecule has 0 rings (SSSR count). The Bertz CT molecular complexity index is 355. The largest absolute Gasteiger partial charge is 0.400 e. The molecule has 0 amide bonds. The fourth-order valence-electron chi connectivity index (χ4n) is 1.60. The first-order valence-corrected chi connectivity index (χ1v) is 8.37. The van der Waals surface area contributed by atoms with Crippen LogP contribution in [0.3, 0.4) is 0 Å². The summed E-state index contributed by atoms with van der Waals surface area (Å²) >= 11 is 0. The molecule has 0 aromatic carbocycles. The average molecular weight is 314 g/mol. The van der Waals surface area contributed by atoms with Gasteiger partial charge < -0.3 is 9.05 Å². The zero-order valence-corrected chi connectivity index (χ0v) is 13.9. The molecule has 0 spiro atoms. The summed E-state index contributed by atoms with van der Waals surface area (Å²) in [6, 6.07) is 0. The van der Waals surface area contributed by atoms with E-state index in [2.05, 4.69) is 0 Å². The maximum absolute atomic E-state index is 14.4. The molecule has 0 aromatic rings. The second-order valence-corrected chi connectivity index (χ2v) is 7.40. The minimum atomic E-state index is -4.64. The lowest BCUT2D eigenvalue weighted by Crippen LogP contribution is -2.32. The minimum absolute atomic E-state index is 0.167. The van der Waals surface area contributed by atoms with Crippen LogP contribution in [0.15, 0.2) is 0 Å². The summed E-state index contributed by atoms with van der Waals surface area (Å²) in [5.74, 6) is -1.71. The molecule has 120 valence electrons. The molecule has 1 unspecified atom stereocenters. The molecule has 0 heterocycles. The van der Waals surface area contributed by atoms with Crippen molar-refractivity contribution in [3.63, 3.8) is 0 Å². The van der Waals surface area contributed by atoms with E-state index in [1.807, 2.05) is 0 Å². The van der Waals surface area contributed by atoms with E-state index in [1.54, 1.807) is 6.92 Å². The van der Waals surface area contributed by atoms with Gasteiger partial charge in [-0.15, -0.1) is 0 Å². The van der Waals surface area contributed by atoms with Crippen LogP contribution in [-0.4, -0.2) is 23.7 Å². The molecule has 4 nitrogen and oxygen atoms in total. The molecule has 0 saturated carbocycles. The first kappa shape index (κ1) is 19.7. The first-order valence-electron chi connectivity index (χ1n) is 6.82. The summed E-state index contributed by atoms with van der Waals surface area (Å²) in [6.45, 7) is 8.82. The van der Waals surface area contributed by atoms with Crippen molar-refractivity contribution in [2.45, 2.75) is 72.3 Å². The molecule has 0 aromatic heterocycles. The highest BCUT2D eigenvalue weighted by molar-refractivity contribution is 7.55. The molecule has 0 fully saturated rings. The van der Waals surface area contributed by atoms with Crippen molar-refractivity contribution in [2.24, 2.45) is 5.92 Å². The highest BCUT2D eigenvalue weighted by Gasteiger charge is 2.58. The van der Waals surface area contributed by atoms with Gasteiger partial charge in [0, 0.05) is 18.8 Å². The quantitative estimate of drug-likeness (QED) is 0.582. The molecule has 0 bridgehead atoms. The number of halogens is 2. The molecule has 0 saturated heterocycles. The Labute approximate surface area is 119 Å². The third-order valence-corrected chi connectivity index (χ3v) is 5.15. The molecule has 20 heavy (non-hydrogen) atoms. The van der Waals surface area contributed by atoms with Crippen molar-refractivity contribution in [2.75, 3.05) is 0 Å². The topological polar surface area (TPSA) is 52.6 Å². The Kier molecular flexibility index (Phi) is 7.50. The number of hydrogen-bond acceptors (Lipinski definition) is 4. The fraction of sp³-hybridized carbons (Fsp3) is 0.923. The predicted octanol–water partition coefficient (Wildman–Crippen LogP) is 4.63. The van der Waals surface area contributed by atoms with Crippen molar-refractivity contribution in [1.82, 2.24) is 0 Å². The molecule has 7 heteroatoms. The summed E-state index contributed by atoms with van der Waals surface area (Å²) in [4.78, 5) is 11.3. The van der Waals surface area contributed by atoms with Crippen LogP contribution in [0.2, 0.25) is 0 Å². The smallest absolute Gasteiger partial charge is 0.302 e. The Morgan fingerprint density at radius 2 is 1.50 bits per heavy atom. The number of hydrogen-bond donors (Lipinski definition) is 0. The third kappa shape index (κ3) is 5.23. The lowest BCUT2D eigenvalue weighted by Gasteiger charge is -2.32. The van der Waals surface area contributed by atoms with Gasteiger partial charge in [-0.1, -0.05) is 13.8 Å². The molecule has 0 aliphatic heterocycles. The SMILES string of the molecule is CCC(=O)CC(C)C(F)(F)P(=O)(OC(C)C)OC(C)C. The lowest BCUT2D eigenvalue weighted by molar-refractivity contribution is -0.122. The van der Waals surface area contributed by atoms with Crippen molar-refractivity contribution in [3.8, 4) is 0 Å². The Balaban J connectivity index is 5.30. The molecule has 1 atom stereocenters. The molecule has 0 radical (unpaired) electrons. The van der Waals surface area contributed by atoms with E-state index in [1.165, 1.54) is 34.6 Å². The van der Waals surface area contributed by atoms with Gasteiger partial charge in [-0.05, 0) is 27.7 Å². The van der Waals surface area contributed by atoms with E-state index in [9.17, 15) is 18.1 Å². The van der Waals surface area contributed by atoms with Gasteiger partial charge in [-0.2, -0.15) is 8.78 Å².